The van der Waals surface area contributed by atoms with Gasteiger partial charge in [-0.15, -0.1) is 0 Å². The third-order valence-corrected chi connectivity index (χ3v) is 4.24. The number of urea groups is 1. The summed E-state index contributed by atoms with van der Waals surface area (Å²) in [6.07, 6.45) is 2.43. The standard InChI is InChI=1S/C14H15FN2O2/c1-14-8-4-7-11(14)16-13(19)17(12(14)18)10-6-3-2-5-9(10)15/h2-3,5-6,11H,4,7-8H2,1H3,(H,16,19). The van der Waals surface area contributed by atoms with Gasteiger partial charge in [-0.3, -0.25) is 4.79 Å². The molecule has 0 spiro atoms. The topological polar surface area (TPSA) is 49.4 Å². The van der Waals surface area contributed by atoms with Crippen LogP contribution in [0.2, 0.25) is 0 Å². The SMILES string of the molecule is CC12CCCC1NC(=O)N(c1ccccc1F)C2=O. The molecule has 2 aliphatic rings. The maximum atomic E-state index is 13.8. The van der Waals surface area contributed by atoms with Gasteiger partial charge in [0, 0.05) is 6.04 Å². The molecular weight excluding hydrogens is 247 g/mol. The van der Waals surface area contributed by atoms with Crippen molar-refractivity contribution in [3.05, 3.63) is 30.1 Å². The molecule has 2 fully saturated rings. The molecule has 1 N–H and O–H groups in total. The van der Waals surface area contributed by atoms with Crippen LogP contribution in [-0.2, 0) is 4.79 Å². The van der Waals surface area contributed by atoms with Gasteiger partial charge in [-0.25, -0.2) is 14.1 Å². The Labute approximate surface area is 110 Å². The largest absolute Gasteiger partial charge is 0.334 e. The lowest BCUT2D eigenvalue weighted by Crippen LogP contribution is -2.63. The molecule has 2 atom stereocenters. The number of anilines is 1. The molecule has 3 amide bonds. The van der Waals surface area contributed by atoms with Crippen molar-refractivity contribution in [2.24, 2.45) is 5.41 Å². The van der Waals surface area contributed by atoms with E-state index < -0.39 is 17.3 Å². The molecule has 4 nitrogen and oxygen atoms in total. The van der Waals surface area contributed by atoms with Gasteiger partial charge in [0.15, 0.2) is 0 Å². The van der Waals surface area contributed by atoms with E-state index in [9.17, 15) is 14.0 Å². The second-order valence-electron chi connectivity index (χ2n) is 5.40. The van der Waals surface area contributed by atoms with Crippen molar-refractivity contribution >= 4 is 17.6 Å². The lowest BCUT2D eigenvalue weighted by atomic mass is 9.81. The summed E-state index contributed by atoms with van der Waals surface area (Å²) in [5.41, 5.74) is -0.590. The molecule has 1 heterocycles. The summed E-state index contributed by atoms with van der Waals surface area (Å²) in [5, 5.41) is 2.82. The van der Waals surface area contributed by atoms with Crippen molar-refractivity contribution < 1.29 is 14.0 Å². The third-order valence-electron chi connectivity index (χ3n) is 4.24. The van der Waals surface area contributed by atoms with Gasteiger partial charge in [0.25, 0.3) is 0 Å². The van der Waals surface area contributed by atoms with Crippen molar-refractivity contribution in [1.82, 2.24) is 5.32 Å². The minimum atomic E-state index is -0.615. The molecule has 1 aliphatic carbocycles. The van der Waals surface area contributed by atoms with Crippen LogP contribution in [0.3, 0.4) is 0 Å². The summed E-state index contributed by atoms with van der Waals surface area (Å²) < 4.78 is 13.8. The minimum absolute atomic E-state index is 0.0246. The molecule has 0 radical (unpaired) electrons. The zero-order valence-corrected chi connectivity index (χ0v) is 10.6. The highest BCUT2D eigenvalue weighted by atomic mass is 19.1. The predicted octanol–water partition coefficient (Wildman–Crippen LogP) is 2.44. The average molecular weight is 262 g/mol. The van der Waals surface area contributed by atoms with Gasteiger partial charge in [-0.2, -0.15) is 0 Å². The highest BCUT2D eigenvalue weighted by molar-refractivity contribution is 6.18. The number of hydrogen-bond donors (Lipinski definition) is 1. The van der Waals surface area contributed by atoms with E-state index in [0.29, 0.717) is 0 Å². The number of fused-ring (bicyclic) bond motifs is 1. The first-order chi connectivity index (χ1) is 9.04. The molecule has 1 saturated carbocycles. The van der Waals surface area contributed by atoms with Crippen LogP contribution in [0.1, 0.15) is 26.2 Å². The third kappa shape index (κ3) is 1.64. The van der Waals surface area contributed by atoms with Crippen molar-refractivity contribution in [3.63, 3.8) is 0 Å². The molecule has 1 aromatic carbocycles. The number of para-hydroxylation sites is 1. The summed E-state index contributed by atoms with van der Waals surface area (Å²) in [7, 11) is 0. The normalized spacial score (nSPS) is 30.2. The molecule has 1 aromatic rings. The Morgan fingerprint density at radius 3 is 2.84 bits per heavy atom. The summed E-state index contributed by atoms with van der Waals surface area (Å²) in [5.74, 6) is -0.866. The number of carbonyl (C=O) groups excluding carboxylic acids is 2. The second kappa shape index (κ2) is 4.05. The molecule has 1 aliphatic heterocycles. The average Bonchev–Trinajstić information content (AvgIpc) is 2.75. The van der Waals surface area contributed by atoms with Gasteiger partial charge >= 0.3 is 6.03 Å². The number of imide groups is 1. The van der Waals surface area contributed by atoms with E-state index in [0.717, 1.165) is 24.2 Å². The summed E-state index contributed by atoms with van der Waals surface area (Å²) in [6.45, 7) is 1.85. The number of halogens is 1. The van der Waals surface area contributed by atoms with Gasteiger partial charge in [-0.1, -0.05) is 18.6 Å². The Morgan fingerprint density at radius 2 is 2.11 bits per heavy atom. The molecule has 100 valence electrons. The molecule has 0 bridgehead atoms. The van der Waals surface area contributed by atoms with E-state index in [1.54, 1.807) is 6.07 Å². The van der Waals surface area contributed by atoms with Gasteiger partial charge in [-0.05, 0) is 31.9 Å². The maximum absolute atomic E-state index is 13.8. The number of nitrogens with one attached hydrogen (secondary N) is 1. The fourth-order valence-corrected chi connectivity index (χ4v) is 3.07. The van der Waals surface area contributed by atoms with Gasteiger partial charge in [0.1, 0.15) is 5.82 Å². The highest BCUT2D eigenvalue weighted by Crippen LogP contribution is 2.43. The van der Waals surface area contributed by atoms with E-state index in [1.165, 1.54) is 18.2 Å². The lowest BCUT2D eigenvalue weighted by molar-refractivity contribution is -0.128. The number of benzene rings is 1. The number of nitrogens with zero attached hydrogens (tertiary/aromatic N) is 1. The lowest BCUT2D eigenvalue weighted by Gasteiger charge is -2.40. The van der Waals surface area contributed by atoms with Crippen molar-refractivity contribution in [1.29, 1.82) is 0 Å². The first-order valence-corrected chi connectivity index (χ1v) is 6.43. The van der Waals surface area contributed by atoms with Crippen LogP contribution in [0.15, 0.2) is 24.3 Å². The number of carbonyl (C=O) groups is 2. The van der Waals surface area contributed by atoms with Crippen LogP contribution in [0.4, 0.5) is 14.9 Å². The second-order valence-corrected chi connectivity index (χ2v) is 5.40. The molecule has 3 rings (SSSR count). The van der Waals surface area contributed by atoms with Gasteiger partial charge in [0.05, 0.1) is 11.1 Å². The first-order valence-electron chi connectivity index (χ1n) is 6.43. The summed E-state index contributed by atoms with van der Waals surface area (Å²) in [6, 6.07) is 5.19. The fourth-order valence-electron chi connectivity index (χ4n) is 3.07. The van der Waals surface area contributed by atoms with Gasteiger partial charge in [0.2, 0.25) is 5.91 Å². The number of rotatable bonds is 1. The number of hydrogen-bond acceptors (Lipinski definition) is 2. The fraction of sp³-hybridized carbons (Fsp3) is 0.429. The summed E-state index contributed by atoms with van der Waals surface area (Å²) >= 11 is 0. The molecule has 19 heavy (non-hydrogen) atoms. The van der Waals surface area contributed by atoms with Crippen LogP contribution in [0.25, 0.3) is 0 Å². The maximum Gasteiger partial charge on any atom is 0.329 e. The molecule has 1 saturated heterocycles. The van der Waals surface area contributed by atoms with Crippen molar-refractivity contribution in [3.8, 4) is 0 Å². The summed E-state index contributed by atoms with van der Waals surface area (Å²) in [4.78, 5) is 25.6. The van der Waals surface area contributed by atoms with Crippen LogP contribution in [-0.4, -0.2) is 18.0 Å². The van der Waals surface area contributed by atoms with Gasteiger partial charge < -0.3 is 5.32 Å². The molecule has 0 aromatic heterocycles. The number of amides is 3. The zero-order chi connectivity index (χ0) is 13.6. The molecule has 5 heteroatoms. The predicted molar refractivity (Wildman–Crippen MR) is 68.2 cm³/mol. The van der Waals surface area contributed by atoms with E-state index >= 15 is 0 Å². The van der Waals surface area contributed by atoms with E-state index in [-0.39, 0.29) is 17.6 Å². The Hall–Kier alpha value is -1.91. The van der Waals surface area contributed by atoms with E-state index in [2.05, 4.69) is 5.32 Å². The minimum Gasteiger partial charge on any atom is -0.334 e. The molecule has 2 unspecified atom stereocenters. The monoisotopic (exact) mass is 262 g/mol. The Kier molecular flexibility index (Phi) is 2.59. The smallest absolute Gasteiger partial charge is 0.329 e. The highest BCUT2D eigenvalue weighted by Gasteiger charge is 2.53. The Balaban J connectivity index is 2.05. The van der Waals surface area contributed by atoms with Crippen molar-refractivity contribution in [2.75, 3.05) is 4.90 Å². The van der Waals surface area contributed by atoms with Crippen LogP contribution in [0.5, 0.6) is 0 Å². The molecular formula is C14H15FN2O2. The van der Waals surface area contributed by atoms with Crippen molar-refractivity contribution in [2.45, 2.75) is 32.2 Å². The van der Waals surface area contributed by atoms with Crippen LogP contribution < -0.4 is 10.2 Å². The van der Waals surface area contributed by atoms with Crippen LogP contribution in [0, 0.1) is 11.2 Å². The zero-order valence-electron chi connectivity index (χ0n) is 10.6. The van der Waals surface area contributed by atoms with Crippen LogP contribution >= 0.6 is 0 Å². The quantitative estimate of drug-likeness (QED) is 0.845. The Bertz CT molecular complexity index is 560. The Morgan fingerprint density at radius 1 is 1.37 bits per heavy atom. The van der Waals surface area contributed by atoms with E-state index in [1.807, 2.05) is 6.92 Å². The van der Waals surface area contributed by atoms with E-state index in [4.69, 9.17) is 0 Å². The first kappa shape index (κ1) is 12.1.